The summed E-state index contributed by atoms with van der Waals surface area (Å²) in [4.78, 5) is 0. The quantitative estimate of drug-likeness (QED) is 0.613. The fraction of sp³-hybridized carbons (Fsp3) is 0.556. The number of nitriles is 1. The predicted molar refractivity (Wildman–Crippen MR) is 59.4 cm³/mol. The van der Waals surface area contributed by atoms with Crippen LogP contribution in [0.2, 0.25) is 0 Å². The van der Waals surface area contributed by atoms with Crippen molar-refractivity contribution in [1.82, 2.24) is 4.37 Å². The van der Waals surface area contributed by atoms with Gasteiger partial charge < -0.3 is 4.74 Å². The number of halogens is 4. The molecule has 0 amide bonds. The highest BCUT2D eigenvalue weighted by Gasteiger charge is 2.45. The molecule has 0 aliphatic heterocycles. The van der Waals surface area contributed by atoms with Crippen molar-refractivity contribution < 1.29 is 22.3 Å². The minimum absolute atomic E-state index is 0.0982. The van der Waals surface area contributed by atoms with Gasteiger partial charge >= 0.3 is 12.5 Å². The van der Waals surface area contributed by atoms with Gasteiger partial charge in [-0.2, -0.15) is 27.2 Å². The predicted octanol–water partition coefficient (Wildman–Crippen LogP) is 3.75. The molecule has 0 radical (unpaired) electrons. The molecule has 0 bridgehead atoms. The standard InChI is InChI=1S/C9H8F4N2OS2/c1-4(2)17-7-5(3-14)6(15-18-7)16-9(12,13)8(10)11/h4,8H,1-2H3. The van der Waals surface area contributed by atoms with Crippen LogP contribution in [0.1, 0.15) is 19.4 Å². The second kappa shape index (κ2) is 5.75. The zero-order valence-corrected chi connectivity index (χ0v) is 10.9. The average Bonchev–Trinajstić information content (AvgIpc) is 2.58. The van der Waals surface area contributed by atoms with Gasteiger partial charge in [0.25, 0.3) is 0 Å². The van der Waals surface area contributed by atoms with Crippen molar-refractivity contribution in [3.05, 3.63) is 5.56 Å². The minimum Gasteiger partial charge on any atom is -0.408 e. The first-order valence-electron chi connectivity index (χ1n) is 4.69. The van der Waals surface area contributed by atoms with E-state index in [2.05, 4.69) is 9.11 Å². The van der Waals surface area contributed by atoms with E-state index in [1.165, 1.54) is 11.8 Å². The molecular formula is C9H8F4N2OS2. The molecule has 1 rings (SSSR count). The topological polar surface area (TPSA) is 45.9 Å². The molecule has 1 heterocycles. The lowest BCUT2D eigenvalue weighted by atomic mass is 10.4. The lowest BCUT2D eigenvalue weighted by Crippen LogP contribution is -2.33. The largest absolute Gasteiger partial charge is 0.462 e. The van der Waals surface area contributed by atoms with Crippen molar-refractivity contribution in [2.24, 2.45) is 0 Å². The Kier molecular flexibility index (Phi) is 4.81. The molecule has 3 nitrogen and oxygen atoms in total. The summed E-state index contributed by atoms with van der Waals surface area (Å²) in [7, 11) is 0. The maximum atomic E-state index is 12.7. The zero-order valence-electron chi connectivity index (χ0n) is 9.29. The summed E-state index contributed by atoms with van der Waals surface area (Å²) in [6.45, 7) is 3.67. The summed E-state index contributed by atoms with van der Waals surface area (Å²) >= 11 is 1.99. The minimum atomic E-state index is -4.65. The van der Waals surface area contributed by atoms with Crippen molar-refractivity contribution in [3.63, 3.8) is 0 Å². The molecule has 0 N–H and O–H groups in total. The molecule has 18 heavy (non-hydrogen) atoms. The highest BCUT2D eigenvalue weighted by Crippen LogP contribution is 2.38. The summed E-state index contributed by atoms with van der Waals surface area (Å²) in [5.74, 6) is -0.754. The van der Waals surface area contributed by atoms with E-state index in [1.54, 1.807) is 6.07 Å². The Bertz CT molecular complexity index is 456. The number of aromatic nitrogens is 1. The Morgan fingerprint density at radius 3 is 2.50 bits per heavy atom. The SMILES string of the molecule is CC(C)Sc1snc(OC(F)(F)C(F)F)c1C#N. The van der Waals surface area contributed by atoms with Crippen LogP contribution in [0.25, 0.3) is 0 Å². The summed E-state index contributed by atoms with van der Waals surface area (Å²) in [6, 6.07) is 1.63. The van der Waals surface area contributed by atoms with Crippen molar-refractivity contribution >= 4 is 23.3 Å². The Hall–Kier alpha value is -1.01. The third-order valence-corrected chi connectivity index (χ3v) is 3.60. The highest BCUT2D eigenvalue weighted by atomic mass is 32.2. The van der Waals surface area contributed by atoms with Gasteiger partial charge in [0.1, 0.15) is 15.8 Å². The fourth-order valence-corrected chi connectivity index (χ4v) is 2.95. The molecule has 0 aromatic carbocycles. The van der Waals surface area contributed by atoms with Crippen molar-refractivity contribution in [3.8, 4) is 11.9 Å². The Labute approximate surface area is 109 Å². The number of ether oxygens (including phenoxy) is 1. The van der Waals surface area contributed by atoms with Gasteiger partial charge in [-0.15, -0.1) is 11.8 Å². The van der Waals surface area contributed by atoms with Crippen LogP contribution < -0.4 is 4.74 Å². The van der Waals surface area contributed by atoms with E-state index >= 15 is 0 Å². The van der Waals surface area contributed by atoms with Gasteiger partial charge in [-0.1, -0.05) is 13.8 Å². The van der Waals surface area contributed by atoms with E-state index < -0.39 is 18.4 Å². The lowest BCUT2D eigenvalue weighted by molar-refractivity contribution is -0.254. The maximum Gasteiger partial charge on any atom is 0.462 e. The van der Waals surface area contributed by atoms with Crippen LogP contribution in [0.5, 0.6) is 5.88 Å². The lowest BCUT2D eigenvalue weighted by Gasteiger charge is -2.14. The van der Waals surface area contributed by atoms with Gasteiger partial charge in [0.2, 0.25) is 5.88 Å². The Morgan fingerprint density at radius 1 is 1.44 bits per heavy atom. The van der Waals surface area contributed by atoms with Crippen LogP contribution >= 0.6 is 23.3 Å². The highest BCUT2D eigenvalue weighted by molar-refractivity contribution is 8.01. The van der Waals surface area contributed by atoms with Gasteiger partial charge in [-0.05, 0) is 11.5 Å². The number of rotatable bonds is 5. The molecule has 0 aliphatic rings. The first-order chi connectivity index (χ1) is 8.27. The van der Waals surface area contributed by atoms with Crippen molar-refractivity contribution in [1.29, 1.82) is 5.26 Å². The molecular weight excluding hydrogens is 292 g/mol. The van der Waals surface area contributed by atoms with Crippen LogP contribution in [-0.4, -0.2) is 22.2 Å². The number of thioether (sulfide) groups is 1. The summed E-state index contributed by atoms with van der Waals surface area (Å²) in [5, 5.41) is 8.93. The van der Waals surface area contributed by atoms with Gasteiger partial charge in [0, 0.05) is 5.25 Å². The van der Waals surface area contributed by atoms with E-state index in [0.29, 0.717) is 4.21 Å². The molecule has 0 fully saturated rings. The van der Waals surface area contributed by atoms with Gasteiger partial charge in [-0.3, -0.25) is 0 Å². The van der Waals surface area contributed by atoms with E-state index in [-0.39, 0.29) is 10.8 Å². The molecule has 0 saturated carbocycles. The Morgan fingerprint density at radius 2 is 2.06 bits per heavy atom. The van der Waals surface area contributed by atoms with Crippen LogP contribution in [0, 0.1) is 11.3 Å². The molecule has 9 heteroatoms. The molecule has 0 aliphatic carbocycles. The molecule has 100 valence electrons. The number of nitrogens with zero attached hydrogens (tertiary/aromatic N) is 2. The van der Waals surface area contributed by atoms with Gasteiger partial charge in [0.15, 0.2) is 0 Å². The van der Waals surface area contributed by atoms with Crippen molar-refractivity contribution in [2.45, 2.75) is 35.8 Å². The molecule has 1 aromatic heterocycles. The normalized spacial score (nSPS) is 11.9. The Balaban J connectivity index is 2.98. The first kappa shape index (κ1) is 15.0. The number of hydrogen-bond donors (Lipinski definition) is 0. The monoisotopic (exact) mass is 300 g/mol. The fourth-order valence-electron chi connectivity index (χ4n) is 0.893. The number of hydrogen-bond acceptors (Lipinski definition) is 5. The van der Waals surface area contributed by atoms with Crippen LogP contribution in [0.3, 0.4) is 0 Å². The van der Waals surface area contributed by atoms with E-state index in [9.17, 15) is 17.6 Å². The molecule has 0 saturated heterocycles. The molecule has 0 unspecified atom stereocenters. The molecule has 0 spiro atoms. The summed E-state index contributed by atoms with van der Waals surface area (Å²) < 4.78 is 57.0. The van der Waals surface area contributed by atoms with Gasteiger partial charge in [0.05, 0.1) is 0 Å². The third-order valence-electron chi connectivity index (χ3n) is 1.57. The third kappa shape index (κ3) is 3.49. The van der Waals surface area contributed by atoms with Crippen molar-refractivity contribution in [2.75, 3.05) is 0 Å². The smallest absolute Gasteiger partial charge is 0.408 e. The summed E-state index contributed by atoms with van der Waals surface area (Å²) in [5.41, 5.74) is -0.237. The summed E-state index contributed by atoms with van der Waals surface area (Å²) in [6.07, 6.45) is -8.63. The second-order valence-electron chi connectivity index (χ2n) is 3.39. The average molecular weight is 300 g/mol. The molecule has 0 atom stereocenters. The van der Waals surface area contributed by atoms with Crippen LogP contribution in [-0.2, 0) is 0 Å². The van der Waals surface area contributed by atoms with Gasteiger partial charge in [-0.25, -0.2) is 0 Å². The van der Waals surface area contributed by atoms with Crippen LogP contribution in [0.15, 0.2) is 4.21 Å². The van der Waals surface area contributed by atoms with Crippen LogP contribution in [0.4, 0.5) is 17.6 Å². The van der Waals surface area contributed by atoms with E-state index in [1.807, 2.05) is 13.8 Å². The second-order valence-corrected chi connectivity index (χ2v) is 6.01. The van der Waals surface area contributed by atoms with E-state index in [0.717, 1.165) is 11.5 Å². The number of alkyl halides is 4. The maximum absolute atomic E-state index is 12.7. The molecule has 1 aromatic rings. The van der Waals surface area contributed by atoms with E-state index in [4.69, 9.17) is 5.26 Å². The first-order valence-corrected chi connectivity index (χ1v) is 6.34. The zero-order chi connectivity index (χ0) is 13.9.